The van der Waals surface area contributed by atoms with Crippen molar-refractivity contribution in [3.63, 3.8) is 0 Å². The zero-order chi connectivity index (χ0) is 13.4. The Morgan fingerprint density at radius 3 is 3.06 bits per heavy atom. The topological polar surface area (TPSA) is 64.4 Å². The normalized spacial score (nSPS) is 11.1. The predicted octanol–water partition coefficient (Wildman–Crippen LogP) is 2.12. The molecule has 0 saturated carbocycles. The van der Waals surface area contributed by atoms with Crippen molar-refractivity contribution in [2.45, 2.75) is 32.0 Å². The smallest absolute Gasteiger partial charge is 0.313 e. The van der Waals surface area contributed by atoms with Crippen LogP contribution in [-0.2, 0) is 16.1 Å². The third-order valence-electron chi connectivity index (χ3n) is 2.14. The molecule has 0 aromatic carbocycles. The van der Waals surface area contributed by atoms with E-state index < -0.39 is 5.97 Å². The molecule has 1 rings (SSSR count). The minimum atomic E-state index is -0.824. The van der Waals surface area contributed by atoms with E-state index in [-0.39, 0.29) is 5.75 Å². The first-order valence-electron chi connectivity index (χ1n) is 6.03. The third kappa shape index (κ3) is 6.07. The van der Waals surface area contributed by atoms with Crippen LogP contribution in [0.2, 0.25) is 0 Å². The Morgan fingerprint density at radius 2 is 2.39 bits per heavy atom. The van der Waals surface area contributed by atoms with Crippen molar-refractivity contribution in [3.05, 3.63) is 12.4 Å². The number of imidazole rings is 1. The number of rotatable bonds is 9. The van der Waals surface area contributed by atoms with E-state index in [1.165, 1.54) is 11.8 Å². The van der Waals surface area contributed by atoms with E-state index in [0.717, 1.165) is 31.3 Å². The highest BCUT2D eigenvalue weighted by molar-refractivity contribution is 7.99. The van der Waals surface area contributed by atoms with Gasteiger partial charge in [-0.2, -0.15) is 0 Å². The molecule has 0 radical (unpaired) electrons. The first kappa shape index (κ1) is 15.0. The molecular weight excluding hydrogens is 252 g/mol. The number of ether oxygens (including phenoxy) is 1. The zero-order valence-electron chi connectivity index (χ0n) is 10.8. The van der Waals surface area contributed by atoms with Gasteiger partial charge in [0, 0.05) is 32.2 Å². The van der Waals surface area contributed by atoms with Gasteiger partial charge in [-0.3, -0.25) is 4.79 Å². The fourth-order valence-corrected chi connectivity index (χ4v) is 2.09. The van der Waals surface area contributed by atoms with Crippen LogP contribution in [0.25, 0.3) is 0 Å². The summed E-state index contributed by atoms with van der Waals surface area (Å²) in [5.41, 5.74) is 0. The Morgan fingerprint density at radius 1 is 1.61 bits per heavy atom. The van der Waals surface area contributed by atoms with Crippen molar-refractivity contribution >= 4 is 17.7 Å². The summed E-state index contributed by atoms with van der Waals surface area (Å²) in [7, 11) is 0. The van der Waals surface area contributed by atoms with Crippen LogP contribution in [0.4, 0.5) is 0 Å². The summed E-state index contributed by atoms with van der Waals surface area (Å²) in [5, 5.41) is 9.37. The molecule has 0 atom stereocenters. The molecule has 0 saturated heterocycles. The fourth-order valence-electron chi connectivity index (χ4n) is 1.39. The number of hydrogen-bond acceptors (Lipinski definition) is 4. The molecule has 0 aliphatic heterocycles. The van der Waals surface area contributed by atoms with E-state index in [1.54, 1.807) is 6.20 Å². The molecule has 5 nitrogen and oxygen atoms in total. The van der Waals surface area contributed by atoms with E-state index in [0.29, 0.717) is 5.92 Å². The lowest BCUT2D eigenvalue weighted by Gasteiger charge is -2.08. The SMILES string of the molecule is CC(C)COCCCn1ccnc1SCC(=O)O. The fraction of sp³-hybridized carbons (Fsp3) is 0.667. The number of carbonyl (C=O) groups is 1. The Labute approximate surface area is 112 Å². The van der Waals surface area contributed by atoms with Gasteiger partial charge in [0.1, 0.15) is 0 Å². The number of aliphatic carboxylic acids is 1. The Balaban J connectivity index is 2.25. The first-order valence-corrected chi connectivity index (χ1v) is 7.01. The maximum atomic E-state index is 10.5. The van der Waals surface area contributed by atoms with Crippen molar-refractivity contribution in [2.75, 3.05) is 19.0 Å². The molecule has 0 bridgehead atoms. The monoisotopic (exact) mass is 272 g/mol. The van der Waals surface area contributed by atoms with Gasteiger partial charge in [-0.1, -0.05) is 25.6 Å². The Hall–Kier alpha value is -1.01. The second-order valence-electron chi connectivity index (χ2n) is 4.41. The largest absolute Gasteiger partial charge is 0.481 e. The van der Waals surface area contributed by atoms with Crippen LogP contribution in [0.5, 0.6) is 0 Å². The molecule has 0 spiro atoms. The maximum Gasteiger partial charge on any atom is 0.313 e. The molecular formula is C12H20N2O3S. The van der Waals surface area contributed by atoms with Gasteiger partial charge in [0.05, 0.1) is 5.75 Å². The molecule has 1 aromatic rings. The van der Waals surface area contributed by atoms with Gasteiger partial charge in [0.25, 0.3) is 0 Å². The summed E-state index contributed by atoms with van der Waals surface area (Å²) in [6.45, 7) is 6.55. The van der Waals surface area contributed by atoms with Gasteiger partial charge in [0.15, 0.2) is 5.16 Å². The second kappa shape index (κ2) is 8.16. The predicted molar refractivity (Wildman–Crippen MR) is 70.9 cm³/mol. The average Bonchev–Trinajstić information content (AvgIpc) is 2.73. The molecule has 18 heavy (non-hydrogen) atoms. The standard InChI is InChI=1S/C12H20N2O3S/c1-10(2)8-17-7-3-5-14-6-4-13-12(14)18-9-11(15)16/h4,6,10H,3,5,7-9H2,1-2H3,(H,15,16). The molecule has 0 aliphatic carbocycles. The minimum Gasteiger partial charge on any atom is -0.481 e. The molecule has 6 heteroatoms. The molecule has 1 heterocycles. The summed E-state index contributed by atoms with van der Waals surface area (Å²) in [4.78, 5) is 14.6. The van der Waals surface area contributed by atoms with Crippen LogP contribution in [0.3, 0.4) is 0 Å². The third-order valence-corrected chi connectivity index (χ3v) is 3.13. The van der Waals surface area contributed by atoms with Crippen LogP contribution in [0.15, 0.2) is 17.6 Å². The highest BCUT2D eigenvalue weighted by Gasteiger charge is 2.06. The van der Waals surface area contributed by atoms with Crippen LogP contribution >= 0.6 is 11.8 Å². The molecule has 0 unspecified atom stereocenters. The average molecular weight is 272 g/mol. The van der Waals surface area contributed by atoms with Crippen LogP contribution in [-0.4, -0.2) is 39.6 Å². The van der Waals surface area contributed by atoms with Gasteiger partial charge in [-0.05, 0) is 12.3 Å². The molecule has 0 fully saturated rings. The van der Waals surface area contributed by atoms with Gasteiger partial charge >= 0.3 is 5.97 Å². The Bertz CT molecular complexity index is 366. The number of hydrogen-bond donors (Lipinski definition) is 1. The quantitative estimate of drug-likeness (QED) is 0.551. The molecule has 0 aliphatic rings. The number of aromatic nitrogens is 2. The summed E-state index contributed by atoms with van der Waals surface area (Å²) in [6.07, 6.45) is 4.47. The lowest BCUT2D eigenvalue weighted by atomic mass is 10.2. The molecule has 0 amide bonds. The minimum absolute atomic E-state index is 0.0425. The number of nitrogens with zero attached hydrogens (tertiary/aromatic N) is 2. The van der Waals surface area contributed by atoms with Gasteiger partial charge < -0.3 is 14.4 Å². The van der Waals surface area contributed by atoms with E-state index in [4.69, 9.17) is 9.84 Å². The van der Waals surface area contributed by atoms with E-state index >= 15 is 0 Å². The van der Waals surface area contributed by atoms with Crippen molar-refractivity contribution in [3.8, 4) is 0 Å². The second-order valence-corrected chi connectivity index (χ2v) is 5.35. The summed E-state index contributed by atoms with van der Waals surface area (Å²) in [5.74, 6) is -0.226. The van der Waals surface area contributed by atoms with Crippen LogP contribution in [0, 0.1) is 5.92 Å². The van der Waals surface area contributed by atoms with E-state index in [1.807, 2.05) is 10.8 Å². The number of aryl methyl sites for hydroxylation is 1. The molecule has 102 valence electrons. The molecule has 1 aromatic heterocycles. The van der Waals surface area contributed by atoms with Crippen LogP contribution < -0.4 is 0 Å². The van der Waals surface area contributed by atoms with Crippen molar-refractivity contribution in [2.24, 2.45) is 5.92 Å². The highest BCUT2D eigenvalue weighted by Crippen LogP contribution is 2.15. The van der Waals surface area contributed by atoms with Crippen molar-refractivity contribution in [1.82, 2.24) is 9.55 Å². The summed E-state index contributed by atoms with van der Waals surface area (Å²) < 4.78 is 7.46. The summed E-state index contributed by atoms with van der Waals surface area (Å²) >= 11 is 1.24. The lowest BCUT2D eigenvalue weighted by molar-refractivity contribution is -0.133. The number of carboxylic acid groups (broad SMARTS) is 1. The Kier molecular flexibility index (Phi) is 6.82. The first-order chi connectivity index (χ1) is 8.59. The zero-order valence-corrected chi connectivity index (χ0v) is 11.7. The van der Waals surface area contributed by atoms with Crippen molar-refractivity contribution in [1.29, 1.82) is 0 Å². The number of thioether (sulfide) groups is 1. The number of carboxylic acids is 1. The van der Waals surface area contributed by atoms with Gasteiger partial charge in [-0.15, -0.1) is 0 Å². The molecule has 1 N–H and O–H groups in total. The van der Waals surface area contributed by atoms with E-state index in [9.17, 15) is 4.79 Å². The highest BCUT2D eigenvalue weighted by atomic mass is 32.2. The van der Waals surface area contributed by atoms with Crippen LogP contribution in [0.1, 0.15) is 20.3 Å². The van der Waals surface area contributed by atoms with E-state index in [2.05, 4.69) is 18.8 Å². The van der Waals surface area contributed by atoms with Gasteiger partial charge in [0.2, 0.25) is 0 Å². The van der Waals surface area contributed by atoms with Gasteiger partial charge in [-0.25, -0.2) is 4.98 Å². The maximum absolute atomic E-state index is 10.5. The summed E-state index contributed by atoms with van der Waals surface area (Å²) in [6, 6.07) is 0. The lowest BCUT2D eigenvalue weighted by Crippen LogP contribution is -2.07. The van der Waals surface area contributed by atoms with Crippen molar-refractivity contribution < 1.29 is 14.6 Å².